The highest BCUT2D eigenvalue weighted by molar-refractivity contribution is 6.00. The van der Waals surface area contributed by atoms with E-state index >= 15 is 0 Å². The van der Waals surface area contributed by atoms with Gasteiger partial charge in [-0.1, -0.05) is 18.2 Å². The van der Waals surface area contributed by atoms with Gasteiger partial charge in [-0.3, -0.25) is 20.1 Å². The van der Waals surface area contributed by atoms with Gasteiger partial charge < -0.3 is 4.98 Å². The summed E-state index contributed by atoms with van der Waals surface area (Å²) in [5, 5.41) is 9.51. The number of hydrogen-bond donors (Lipinski definition) is 2. The van der Waals surface area contributed by atoms with Crippen LogP contribution >= 0.6 is 0 Å². The topological polar surface area (TPSA) is 83.1 Å². The molecular weight excluding hydrogens is 391 g/mol. The van der Waals surface area contributed by atoms with Gasteiger partial charge in [-0.25, -0.2) is 4.39 Å². The van der Waals surface area contributed by atoms with Gasteiger partial charge in [0.2, 0.25) is 0 Å². The molecule has 0 fully saturated rings. The van der Waals surface area contributed by atoms with Crippen molar-refractivity contribution in [2.24, 2.45) is 0 Å². The number of nitrogens with zero attached hydrogens (tertiary/aromatic N) is 4. The first-order valence-corrected chi connectivity index (χ1v) is 9.75. The molecule has 6 rings (SSSR count). The van der Waals surface area contributed by atoms with Crippen LogP contribution in [0.3, 0.4) is 0 Å². The third-order valence-electron chi connectivity index (χ3n) is 5.32. The van der Waals surface area contributed by atoms with Crippen molar-refractivity contribution in [3.8, 4) is 33.9 Å². The third kappa shape index (κ3) is 2.95. The van der Waals surface area contributed by atoms with Crippen LogP contribution in [0.5, 0.6) is 0 Å². The molecule has 0 saturated heterocycles. The highest BCUT2D eigenvalue weighted by Crippen LogP contribution is 2.34. The van der Waals surface area contributed by atoms with E-state index in [1.165, 1.54) is 12.1 Å². The number of H-pyrrole nitrogens is 2. The average molecular weight is 406 g/mol. The molecule has 31 heavy (non-hydrogen) atoms. The van der Waals surface area contributed by atoms with Gasteiger partial charge in [-0.2, -0.15) is 5.10 Å². The third-order valence-corrected chi connectivity index (χ3v) is 5.32. The summed E-state index contributed by atoms with van der Waals surface area (Å²) < 4.78 is 13.8. The second kappa shape index (κ2) is 6.84. The molecule has 148 valence electrons. The number of benzene rings is 2. The van der Waals surface area contributed by atoms with E-state index in [1.54, 1.807) is 30.9 Å². The second-order valence-electron chi connectivity index (χ2n) is 7.24. The van der Waals surface area contributed by atoms with Crippen LogP contribution in [-0.4, -0.2) is 30.1 Å². The Labute approximate surface area is 175 Å². The first-order valence-electron chi connectivity index (χ1n) is 9.75. The van der Waals surface area contributed by atoms with E-state index in [4.69, 9.17) is 0 Å². The summed E-state index contributed by atoms with van der Waals surface area (Å²) in [6, 6.07) is 16.4. The normalized spacial score (nSPS) is 11.4. The number of aromatic nitrogens is 6. The van der Waals surface area contributed by atoms with E-state index in [2.05, 4.69) is 36.2 Å². The van der Waals surface area contributed by atoms with Gasteiger partial charge in [0.25, 0.3) is 0 Å². The van der Waals surface area contributed by atoms with Crippen LogP contribution in [0.15, 0.2) is 79.4 Å². The van der Waals surface area contributed by atoms with E-state index in [9.17, 15) is 4.39 Å². The van der Waals surface area contributed by atoms with E-state index in [-0.39, 0.29) is 5.82 Å². The van der Waals surface area contributed by atoms with E-state index in [0.717, 1.165) is 55.7 Å². The summed E-state index contributed by atoms with van der Waals surface area (Å²) >= 11 is 0. The molecule has 0 radical (unpaired) electrons. The molecule has 0 spiro atoms. The largest absolute Gasteiger partial charge is 0.353 e. The Morgan fingerprint density at radius 1 is 0.742 bits per heavy atom. The smallest absolute Gasteiger partial charge is 0.123 e. The number of aromatic amines is 2. The first-order chi connectivity index (χ1) is 15.3. The zero-order valence-electron chi connectivity index (χ0n) is 16.2. The molecule has 4 heterocycles. The van der Waals surface area contributed by atoms with Crippen molar-refractivity contribution < 1.29 is 4.39 Å². The van der Waals surface area contributed by atoms with Gasteiger partial charge in [0.05, 0.1) is 28.8 Å². The van der Waals surface area contributed by atoms with Crippen LogP contribution in [0.1, 0.15) is 0 Å². The predicted octanol–water partition coefficient (Wildman–Crippen LogP) is 5.37. The van der Waals surface area contributed by atoms with Crippen LogP contribution in [-0.2, 0) is 0 Å². The standard InChI is InChI=1S/C24H15FN6/c25-16-3-1-2-15(10-16)23-18-12-21(29-19(18)6-7-28-23)24-17-11-14(4-5-20(17)30-31-24)22-13-26-8-9-27-22/h1-13,29H,(H,30,31). The van der Waals surface area contributed by atoms with Crippen LogP contribution in [0.2, 0.25) is 0 Å². The summed E-state index contributed by atoms with van der Waals surface area (Å²) in [6.45, 7) is 0. The second-order valence-corrected chi connectivity index (χ2v) is 7.24. The summed E-state index contributed by atoms with van der Waals surface area (Å²) in [4.78, 5) is 16.5. The molecular formula is C24H15FN6. The fourth-order valence-electron chi connectivity index (χ4n) is 3.87. The lowest BCUT2D eigenvalue weighted by Crippen LogP contribution is -1.85. The van der Waals surface area contributed by atoms with Gasteiger partial charge >= 0.3 is 0 Å². The number of hydrogen-bond acceptors (Lipinski definition) is 4. The number of pyridine rings is 1. The lowest BCUT2D eigenvalue weighted by Gasteiger charge is -2.02. The molecule has 2 N–H and O–H groups in total. The molecule has 6 aromatic rings. The van der Waals surface area contributed by atoms with E-state index < -0.39 is 0 Å². The van der Waals surface area contributed by atoms with Crippen molar-refractivity contribution in [3.63, 3.8) is 0 Å². The number of halogens is 1. The molecule has 4 aromatic heterocycles. The van der Waals surface area contributed by atoms with Crippen molar-refractivity contribution in [2.75, 3.05) is 0 Å². The summed E-state index contributed by atoms with van der Waals surface area (Å²) in [5.41, 5.74) is 6.68. The fraction of sp³-hybridized carbons (Fsp3) is 0. The zero-order chi connectivity index (χ0) is 20.8. The van der Waals surface area contributed by atoms with Gasteiger partial charge in [-0.05, 0) is 36.4 Å². The average Bonchev–Trinajstić information content (AvgIpc) is 3.43. The van der Waals surface area contributed by atoms with Crippen LogP contribution in [0.25, 0.3) is 55.7 Å². The molecule has 7 heteroatoms. The van der Waals surface area contributed by atoms with Crippen molar-refractivity contribution in [2.45, 2.75) is 0 Å². The highest BCUT2D eigenvalue weighted by Gasteiger charge is 2.15. The summed E-state index contributed by atoms with van der Waals surface area (Å²) in [7, 11) is 0. The van der Waals surface area contributed by atoms with Gasteiger partial charge in [0, 0.05) is 46.0 Å². The molecule has 0 bridgehead atoms. The van der Waals surface area contributed by atoms with Crippen LogP contribution in [0.4, 0.5) is 4.39 Å². The SMILES string of the molecule is Fc1cccc(-c2nccc3[nH]c(-c4n[nH]c5ccc(-c6cnccn6)cc45)cc23)c1. The maximum absolute atomic E-state index is 13.8. The Kier molecular flexibility index (Phi) is 3.86. The Bertz CT molecular complexity index is 1550. The minimum atomic E-state index is -0.290. The minimum Gasteiger partial charge on any atom is -0.353 e. The van der Waals surface area contributed by atoms with Crippen molar-refractivity contribution in [1.29, 1.82) is 0 Å². The number of fused-ring (bicyclic) bond motifs is 2. The van der Waals surface area contributed by atoms with E-state index in [0.29, 0.717) is 0 Å². The van der Waals surface area contributed by atoms with Crippen LogP contribution in [0, 0.1) is 5.82 Å². The van der Waals surface area contributed by atoms with Crippen molar-refractivity contribution >= 4 is 21.8 Å². The minimum absolute atomic E-state index is 0.290. The first kappa shape index (κ1) is 17.5. The zero-order valence-corrected chi connectivity index (χ0v) is 16.2. The van der Waals surface area contributed by atoms with Gasteiger partial charge in [-0.15, -0.1) is 0 Å². The molecule has 0 amide bonds. The quantitative estimate of drug-likeness (QED) is 0.414. The monoisotopic (exact) mass is 406 g/mol. The fourth-order valence-corrected chi connectivity index (χ4v) is 3.87. The molecule has 2 aromatic carbocycles. The Morgan fingerprint density at radius 3 is 2.55 bits per heavy atom. The van der Waals surface area contributed by atoms with E-state index in [1.807, 2.05) is 30.3 Å². The predicted molar refractivity (Wildman–Crippen MR) is 118 cm³/mol. The Hall–Kier alpha value is -4.39. The molecule has 6 nitrogen and oxygen atoms in total. The Morgan fingerprint density at radius 2 is 1.68 bits per heavy atom. The van der Waals surface area contributed by atoms with Gasteiger partial charge in [0.1, 0.15) is 11.5 Å². The van der Waals surface area contributed by atoms with Gasteiger partial charge in [0.15, 0.2) is 0 Å². The lowest BCUT2D eigenvalue weighted by atomic mass is 10.1. The number of rotatable bonds is 3. The molecule has 0 aliphatic heterocycles. The molecule has 0 atom stereocenters. The van der Waals surface area contributed by atoms with Crippen molar-refractivity contribution in [3.05, 3.63) is 85.2 Å². The van der Waals surface area contributed by atoms with Crippen LogP contribution < -0.4 is 0 Å². The molecule has 0 aliphatic carbocycles. The number of nitrogens with one attached hydrogen (secondary N) is 2. The van der Waals surface area contributed by atoms with Crippen molar-refractivity contribution in [1.82, 2.24) is 30.1 Å². The summed E-state index contributed by atoms with van der Waals surface area (Å²) in [6.07, 6.45) is 6.78. The highest BCUT2D eigenvalue weighted by atomic mass is 19.1. The lowest BCUT2D eigenvalue weighted by molar-refractivity contribution is 0.628. The Balaban J connectivity index is 1.52. The maximum Gasteiger partial charge on any atom is 0.123 e. The molecule has 0 saturated carbocycles. The maximum atomic E-state index is 13.8. The summed E-state index contributed by atoms with van der Waals surface area (Å²) in [5.74, 6) is -0.290. The molecule has 0 unspecified atom stereocenters. The molecule has 0 aliphatic rings.